The van der Waals surface area contributed by atoms with Crippen LogP contribution in [-0.4, -0.2) is 22.1 Å². The van der Waals surface area contributed by atoms with E-state index in [-0.39, 0.29) is 5.91 Å². The second kappa shape index (κ2) is 9.69. The first-order chi connectivity index (χ1) is 15.5. The van der Waals surface area contributed by atoms with E-state index < -0.39 is 0 Å². The Morgan fingerprint density at radius 1 is 0.969 bits per heavy atom. The van der Waals surface area contributed by atoms with Crippen LogP contribution in [0.3, 0.4) is 0 Å². The van der Waals surface area contributed by atoms with Gasteiger partial charge in [-0.2, -0.15) is 0 Å². The first-order valence-corrected chi connectivity index (χ1v) is 11.0. The molecule has 164 valence electrons. The zero-order valence-corrected chi connectivity index (χ0v) is 18.9. The molecule has 0 saturated carbocycles. The Bertz CT molecular complexity index is 1230. The highest BCUT2D eigenvalue weighted by Gasteiger charge is 2.12. The molecule has 0 spiro atoms. The van der Waals surface area contributed by atoms with Crippen LogP contribution in [0.2, 0.25) is 0 Å². The lowest BCUT2D eigenvalue weighted by molar-refractivity contribution is 0.0949. The number of hydrogen-bond donors (Lipinski definition) is 1. The molecule has 1 N–H and O–H groups in total. The summed E-state index contributed by atoms with van der Waals surface area (Å²) < 4.78 is 8.18. The number of nitrogens with zero attached hydrogens (tertiary/aromatic N) is 2. The summed E-state index contributed by atoms with van der Waals surface area (Å²) in [7, 11) is 0. The zero-order valence-electron chi connectivity index (χ0n) is 18.9. The van der Waals surface area contributed by atoms with Gasteiger partial charge in [0.05, 0.1) is 24.2 Å². The van der Waals surface area contributed by atoms with Crippen molar-refractivity contribution in [3.05, 3.63) is 94.8 Å². The lowest BCUT2D eigenvalue weighted by atomic mass is 10.1. The van der Waals surface area contributed by atoms with Crippen LogP contribution in [0.1, 0.15) is 39.3 Å². The number of ether oxygens (including phenoxy) is 1. The molecule has 0 fully saturated rings. The van der Waals surface area contributed by atoms with Crippen molar-refractivity contribution in [3.8, 4) is 5.75 Å². The number of aromatic nitrogens is 2. The maximum Gasteiger partial charge on any atom is 0.251 e. The number of amides is 1. The Morgan fingerprint density at radius 3 is 2.50 bits per heavy atom. The van der Waals surface area contributed by atoms with E-state index in [0.29, 0.717) is 18.7 Å². The number of imidazole rings is 1. The van der Waals surface area contributed by atoms with Crippen LogP contribution in [0.5, 0.6) is 5.75 Å². The number of hydrogen-bond acceptors (Lipinski definition) is 3. The molecule has 32 heavy (non-hydrogen) atoms. The predicted molar refractivity (Wildman–Crippen MR) is 128 cm³/mol. The fourth-order valence-electron chi connectivity index (χ4n) is 3.84. The number of rotatable bonds is 8. The summed E-state index contributed by atoms with van der Waals surface area (Å²) in [5.74, 6) is 1.68. The van der Waals surface area contributed by atoms with Gasteiger partial charge in [0.15, 0.2) is 0 Å². The maximum absolute atomic E-state index is 12.6. The van der Waals surface area contributed by atoms with Crippen molar-refractivity contribution in [1.82, 2.24) is 14.9 Å². The van der Waals surface area contributed by atoms with E-state index in [1.165, 1.54) is 5.56 Å². The van der Waals surface area contributed by atoms with Gasteiger partial charge in [0.2, 0.25) is 0 Å². The van der Waals surface area contributed by atoms with Gasteiger partial charge in [-0.05, 0) is 63.1 Å². The second-order valence-electron chi connectivity index (χ2n) is 8.19. The highest BCUT2D eigenvalue weighted by atomic mass is 16.5. The Labute approximate surface area is 189 Å². The van der Waals surface area contributed by atoms with Crippen molar-refractivity contribution in [2.24, 2.45) is 0 Å². The van der Waals surface area contributed by atoms with E-state index in [0.717, 1.165) is 46.7 Å². The summed E-state index contributed by atoms with van der Waals surface area (Å²) in [5, 5.41) is 3.01. The fourth-order valence-corrected chi connectivity index (χ4v) is 3.84. The van der Waals surface area contributed by atoms with Gasteiger partial charge in [-0.1, -0.05) is 47.5 Å². The van der Waals surface area contributed by atoms with E-state index in [1.54, 1.807) is 0 Å². The minimum Gasteiger partial charge on any atom is -0.493 e. The highest BCUT2D eigenvalue weighted by molar-refractivity contribution is 5.94. The Hall–Kier alpha value is -3.60. The number of fused-ring (bicyclic) bond motifs is 1. The van der Waals surface area contributed by atoms with Crippen molar-refractivity contribution in [2.45, 2.75) is 40.3 Å². The molecule has 0 aliphatic carbocycles. The summed E-state index contributed by atoms with van der Waals surface area (Å²) in [6, 6.07) is 21.9. The minimum atomic E-state index is -0.0956. The molecular formula is C27H29N3O2. The molecule has 1 heterocycles. The quantitative estimate of drug-likeness (QED) is 0.385. The van der Waals surface area contributed by atoms with Crippen LogP contribution in [0.15, 0.2) is 66.7 Å². The van der Waals surface area contributed by atoms with Gasteiger partial charge >= 0.3 is 0 Å². The van der Waals surface area contributed by atoms with Gasteiger partial charge in [-0.25, -0.2) is 4.98 Å². The Morgan fingerprint density at radius 2 is 1.72 bits per heavy atom. The van der Waals surface area contributed by atoms with Gasteiger partial charge in [0, 0.05) is 12.1 Å². The predicted octanol–water partition coefficient (Wildman–Crippen LogP) is 5.36. The smallest absolute Gasteiger partial charge is 0.251 e. The van der Waals surface area contributed by atoms with E-state index in [9.17, 15) is 4.79 Å². The first kappa shape index (κ1) is 21.6. The third-order valence-electron chi connectivity index (χ3n) is 5.57. The third-order valence-corrected chi connectivity index (χ3v) is 5.57. The topological polar surface area (TPSA) is 56.2 Å². The highest BCUT2D eigenvalue weighted by Crippen LogP contribution is 2.20. The number of benzene rings is 3. The van der Waals surface area contributed by atoms with Gasteiger partial charge in [-0.3, -0.25) is 4.79 Å². The van der Waals surface area contributed by atoms with Gasteiger partial charge in [0.25, 0.3) is 5.91 Å². The summed E-state index contributed by atoms with van der Waals surface area (Å²) in [4.78, 5) is 17.3. The second-order valence-corrected chi connectivity index (χ2v) is 8.19. The van der Waals surface area contributed by atoms with Crippen molar-refractivity contribution in [2.75, 3.05) is 6.61 Å². The fraction of sp³-hybridized carbons (Fsp3) is 0.259. The maximum atomic E-state index is 12.6. The monoisotopic (exact) mass is 427 g/mol. The minimum absolute atomic E-state index is 0.0956. The van der Waals surface area contributed by atoms with Crippen LogP contribution in [-0.2, 0) is 13.1 Å². The van der Waals surface area contributed by atoms with E-state index in [1.807, 2.05) is 55.5 Å². The van der Waals surface area contributed by atoms with Gasteiger partial charge in [0.1, 0.15) is 11.6 Å². The SMILES string of the molecule is Cc1ccc(C(=O)NCc2nc3ccccc3n2CCCOc2ccc(C)cc2C)cc1. The molecular weight excluding hydrogens is 398 g/mol. The molecule has 0 unspecified atom stereocenters. The van der Waals surface area contributed by atoms with Gasteiger partial charge < -0.3 is 14.6 Å². The van der Waals surface area contributed by atoms with Crippen LogP contribution in [0.4, 0.5) is 0 Å². The zero-order chi connectivity index (χ0) is 22.5. The number of nitrogens with one attached hydrogen (secondary N) is 1. The van der Waals surface area contributed by atoms with E-state index >= 15 is 0 Å². The van der Waals surface area contributed by atoms with Crippen LogP contribution >= 0.6 is 0 Å². The number of carbonyl (C=O) groups is 1. The Balaban J connectivity index is 1.43. The molecule has 0 saturated heterocycles. The van der Waals surface area contributed by atoms with Crippen LogP contribution in [0, 0.1) is 20.8 Å². The third kappa shape index (κ3) is 4.99. The van der Waals surface area contributed by atoms with Gasteiger partial charge in [-0.15, -0.1) is 0 Å². The Kier molecular flexibility index (Phi) is 6.55. The summed E-state index contributed by atoms with van der Waals surface area (Å²) in [5.41, 5.74) is 6.17. The molecule has 0 aliphatic heterocycles. The number of carbonyl (C=O) groups excluding carboxylic acids is 1. The normalized spacial score (nSPS) is 11.0. The molecule has 3 aromatic carbocycles. The van der Waals surface area contributed by atoms with Crippen molar-refractivity contribution in [3.63, 3.8) is 0 Å². The van der Waals surface area contributed by atoms with Crippen molar-refractivity contribution < 1.29 is 9.53 Å². The lowest BCUT2D eigenvalue weighted by Gasteiger charge is -2.12. The lowest BCUT2D eigenvalue weighted by Crippen LogP contribution is -2.25. The van der Waals surface area contributed by atoms with E-state index in [2.05, 4.69) is 41.9 Å². The standard InChI is InChI=1S/C27H29N3O2/c1-19-9-12-22(13-10-19)27(31)28-18-26-29-23-7-4-5-8-24(23)30(26)15-6-16-32-25-14-11-20(2)17-21(25)3/h4-5,7-14,17H,6,15-16,18H2,1-3H3,(H,28,31). The number of para-hydroxylation sites is 2. The molecule has 4 aromatic rings. The molecule has 0 bridgehead atoms. The summed E-state index contributed by atoms with van der Waals surface area (Å²) in [6.07, 6.45) is 0.840. The average molecular weight is 428 g/mol. The van der Waals surface area contributed by atoms with Crippen molar-refractivity contribution in [1.29, 1.82) is 0 Å². The molecule has 0 atom stereocenters. The molecule has 5 heteroatoms. The molecule has 1 amide bonds. The average Bonchev–Trinajstić information content (AvgIpc) is 3.14. The van der Waals surface area contributed by atoms with Crippen molar-refractivity contribution >= 4 is 16.9 Å². The first-order valence-electron chi connectivity index (χ1n) is 11.0. The van der Waals surface area contributed by atoms with E-state index in [4.69, 9.17) is 9.72 Å². The molecule has 0 radical (unpaired) electrons. The molecule has 4 rings (SSSR count). The van der Waals surface area contributed by atoms with Crippen LogP contribution < -0.4 is 10.1 Å². The largest absolute Gasteiger partial charge is 0.493 e. The molecule has 0 aliphatic rings. The molecule has 1 aromatic heterocycles. The molecule has 5 nitrogen and oxygen atoms in total. The summed E-state index contributed by atoms with van der Waals surface area (Å²) >= 11 is 0. The number of aryl methyl sites for hydroxylation is 4. The van der Waals surface area contributed by atoms with Crippen LogP contribution in [0.25, 0.3) is 11.0 Å². The summed E-state index contributed by atoms with van der Waals surface area (Å²) in [6.45, 7) is 7.92.